The molecule has 0 aromatic heterocycles. The summed E-state index contributed by atoms with van der Waals surface area (Å²) in [6.45, 7) is 15.3. The van der Waals surface area contributed by atoms with Gasteiger partial charge in [0, 0.05) is 0 Å². The molecule has 39 heavy (non-hydrogen) atoms. The van der Waals surface area contributed by atoms with Crippen LogP contribution in [0, 0.1) is 6.92 Å². The van der Waals surface area contributed by atoms with Gasteiger partial charge in [-0.2, -0.15) is 0 Å². The molecule has 0 spiro atoms. The van der Waals surface area contributed by atoms with Gasteiger partial charge < -0.3 is 5.73 Å². The molecule has 0 bridgehead atoms. The molecule has 2 N–H and O–H groups in total. The number of rotatable bonds is 7. The van der Waals surface area contributed by atoms with Crippen LogP contribution in [0.4, 0.5) is 0 Å². The summed E-state index contributed by atoms with van der Waals surface area (Å²) < 4.78 is 0. The predicted octanol–water partition coefficient (Wildman–Crippen LogP) is 8.97. The highest BCUT2D eigenvalue weighted by molar-refractivity contribution is 5.88. The third kappa shape index (κ3) is 6.93. The van der Waals surface area contributed by atoms with Crippen LogP contribution in [0.5, 0.6) is 0 Å². The Morgan fingerprint density at radius 1 is 0.846 bits per heavy atom. The monoisotopic (exact) mass is 513 g/mol. The van der Waals surface area contributed by atoms with Gasteiger partial charge in [-0.15, -0.1) is 0 Å². The van der Waals surface area contributed by atoms with Gasteiger partial charge in [0.15, 0.2) is 0 Å². The number of hydrogen-bond acceptors (Lipinski definition) is 1. The molecule has 4 aromatic rings. The third-order valence-corrected chi connectivity index (χ3v) is 7.31. The van der Waals surface area contributed by atoms with Gasteiger partial charge in [-0.25, -0.2) is 0 Å². The first-order valence-corrected chi connectivity index (χ1v) is 14.0. The van der Waals surface area contributed by atoms with Gasteiger partial charge in [-0.05, 0) is 119 Å². The van der Waals surface area contributed by atoms with E-state index in [-0.39, 0.29) is 0 Å². The second-order valence-electron chi connectivity index (χ2n) is 9.67. The molecule has 0 heterocycles. The standard InChI is InChI=1S/C37H38.CH5N/c1-7-10-11-14-26(4)29(8-2)24-36-28(6)27(5)30(9-3)25-37(36)33-20-17-32(18-21-33)35-22-19-31-15-12-13-16-34(31)23-35;1-2/h9-25H,5,7-8H2,1-4,6H3;2H2,1H3/b11-10-,26-14+,29-24+,30-9-;. The fraction of sp³-hybridized carbons (Fsp3) is 0.211. The first kappa shape index (κ1) is 29.6. The minimum atomic E-state index is 0.982. The third-order valence-electron chi connectivity index (χ3n) is 7.31. The highest BCUT2D eigenvalue weighted by Crippen LogP contribution is 2.31. The second kappa shape index (κ2) is 14.3. The zero-order chi connectivity index (χ0) is 28.4. The van der Waals surface area contributed by atoms with Gasteiger partial charge >= 0.3 is 0 Å². The Morgan fingerprint density at radius 2 is 1.49 bits per heavy atom. The van der Waals surface area contributed by atoms with E-state index >= 15 is 0 Å². The van der Waals surface area contributed by atoms with Crippen LogP contribution in [0.2, 0.25) is 0 Å². The molecular weight excluding hydrogens is 470 g/mol. The summed E-state index contributed by atoms with van der Waals surface area (Å²) in [5, 5.41) is 4.84. The van der Waals surface area contributed by atoms with Gasteiger partial charge in [0.05, 0.1) is 0 Å². The summed E-state index contributed by atoms with van der Waals surface area (Å²) in [5.41, 5.74) is 14.6. The van der Waals surface area contributed by atoms with Crippen molar-refractivity contribution in [1.82, 2.24) is 0 Å². The molecule has 200 valence electrons. The molecule has 4 rings (SSSR count). The Labute approximate surface area is 235 Å². The highest BCUT2D eigenvalue weighted by atomic mass is 14.4. The van der Waals surface area contributed by atoms with Crippen LogP contribution in [0.3, 0.4) is 0 Å². The Bertz CT molecular complexity index is 1610. The average molecular weight is 514 g/mol. The fourth-order valence-electron chi connectivity index (χ4n) is 4.92. The maximum atomic E-state index is 4.50. The summed E-state index contributed by atoms with van der Waals surface area (Å²) in [6, 6.07) is 26.5. The summed E-state index contributed by atoms with van der Waals surface area (Å²) in [4.78, 5) is 0. The molecule has 0 amide bonds. The molecule has 0 unspecified atom stereocenters. The number of benzene rings is 4. The van der Waals surface area contributed by atoms with Crippen molar-refractivity contribution in [3.63, 3.8) is 0 Å². The van der Waals surface area contributed by atoms with Gasteiger partial charge in [0.25, 0.3) is 0 Å². The zero-order valence-corrected chi connectivity index (χ0v) is 24.5. The van der Waals surface area contributed by atoms with Crippen molar-refractivity contribution in [3.05, 3.63) is 124 Å². The lowest BCUT2D eigenvalue weighted by molar-refractivity contribution is 1.11. The normalized spacial score (nSPS) is 12.6. The molecule has 1 nitrogen and oxygen atoms in total. The van der Waals surface area contributed by atoms with Gasteiger partial charge in [-0.1, -0.05) is 111 Å². The molecule has 0 atom stereocenters. The van der Waals surface area contributed by atoms with E-state index in [2.05, 4.69) is 150 Å². The number of hydrogen-bond donors (Lipinski definition) is 1. The van der Waals surface area contributed by atoms with Crippen molar-refractivity contribution in [2.24, 2.45) is 5.73 Å². The van der Waals surface area contributed by atoms with Crippen LogP contribution >= 0.6 is 0 Å². The summed E-state index contributed by atoms with van der Waals surface area (Å²) >= 11 is 0. The second-order valence-corrected chi connectivity index (χ2v) is 9.67. The van der Waals surface area contributed by atoms with Crippen molar-refractivity contribution >= 4 is 29.5 Å². The lowest BCUT2D eigenvalue weighted by atomic mass is 9.89. The van der Waals surface area contributed by atoms with E-state index in [1.54, 1.807) is 0 Å². The topological polar surface area (TPSA) is 26.0 Å². The molecule has 0 saturated heterocycles. The Morgan fingerprint density at radius 3 is 2.13 bits per heavy atom. The van der Waals surface area contributed by atoms with Crippen molar-refractivity contribution in [2.45, 2.75) is 47.5 Å². The minimum Gasteiger partial charge on any atom is -0.333 e. The molecule has 1 heteroatoms. The van der Waals surface area contributed by atoms with Crippen LogP contribution in [0.25, 0.3) is 51.8 Å². The van der Waals surface area contributed by atoms with Crippen molar-refractivity contribution in [1.29, 1.82) is 0 Å². The Hall–Kier alpha value is -3.94. The van der Waals surface area contributed by atoms with Crippen molar-refractivity contribution in [2.75, 3.05) is 7.05 Å². The van der Waals surface area contributed by atoms with E-state index < -0.39 is 0 Å². The number of allylic oxidation sites excluding steroid dienone is 5. The SMILES string of the molecule is C=c1c(C)c(/C=C(CC)/C(C)=C/C=C\CC)c(-c2ccc(-c3ccc4ccccc4c3)cc2)c/c1=C/C.CN. The lowest BCUT2D eigenvalue weighted by Crippen LogP contribution is -2.27. The van der Waals surface area contributed by atoms with Gasteiger partial charge in [0.1, 0.15) is 0 Å². The van der Waals surface area contributed by atoms with Gasteiger partial charge in [0.2, 0.25) is 0 Å². The minimum absolute atomic E-state index is 0.982. The molecule has 0 radical (unpaired) electrons. The summed E-state index contributed by atoms with van der Waals surface area (Å²) in [6.07, 6.45) is 13.2. The maximum absolute atomic E-state index is 4.50. The summed E-state index contributed by atoms with van der Waals surface area (Å²) in [7, 11) is 1.50. The van der Waals surface area contributed by atoms with E-state index in [1.165, 1.54) is 67.6 Å². The van der Waals surface area contributed by atoms with E-state index in [0.717, 1.165) is 18.1 Å². The molecule has 4 aromatic carbocycles. The Balaban J connectivity index is 0.00000205. The average Bonchev–Trinajstić information content (AvgIpc) is 2.99. The zero-order valence-electron chi connectivity index (χ0n) is 24.5. The summed E-state index contributed by atoms with van der Waals surface area (Å²) in [5.74, 6) is 0. The molecule has 0 aliphatic rings. The van der Waals surface area contributed by atoms with Crippen LogP contribution in [-0.2, 0) is 0 Å². The maximum Gasteiger partial charge on any atom is -0.0102 e. The molecule has 0 aliphatic carbocycles. The molecular formula is C38H43N. The van der Waals surface area contributed by atoms with E-state index in [0.29, 0.717) is 0 Å². The van der Waals surface area contributed by atoms with E-state index in [1.807, 2.05) is 0 Å². The molecule has 0 saturated carbocycles. The van der Waals surface area contributed by atoms with E-state index in [4.69, 9.17) is 0 Å². The first-order valence-electron chi connectivity index (χ1n) is 14.0. The molecule has 0 fully saturated rings. The van der Waals surface area contributed by atoms with Crippen LogP contribution in [-0.4, -0.2) is 7.05 Å². The smallest absolute Gasteiger partial charge is 0.0102 e. The van der Waals surface area contributed by atoms with Crippen LogP contribution in [0.1, 0.15) is 51.7 Å². The van der Waals surface area contributed by atoms with Crippen LogP contribution in [0.15, 0.2) is 102 Å². The lowest BCUT2D eigenvalue weighted by Gasteiger charge is -2.15. The Kier molecular flexibility index (Phi) is 10.8. The van der Waals surface area contributed by atoms with Crippen molar-refractivity contribution in [3.8, 4) is 22.3 Å². The number of fused-ring (bicyclic) bond motifs is 1. The van der Waals surface area contributed by atoms with Gasteiger partial charge in [-0.3, -0.25) is 0 Å². The fourth-order valence-corrected chi connectivity index (χ4v) is 4.92. The quantitative estimate of drug-likeness (QED) is 0.245. The van der Waals surface area contributed by atoms with E-state index in [9.17, 15) is 0 Å². The van der Waals surface area contributed by atoms with Crippen molar-refractivity contribution < 1.29 is 0 Å². The highest BCUT2D eigenvalue weighted by Gasteiger charge is 2.11. The van der Waals surface area contributed by atoms with Crippen LogP contribution < -0.4 is 16.2 Å². The number of nitrogens with two attached hydrogens (primary N) is 1. The first-order chi connectivity index (χ1) is 19.0. The predicted molar refractivity (Wildman–Crippen MR) is 176 cm³/mol. The largest absolute Gasteiger partial charge is 0.333 e. The molecule has 0 aliphatic heterocycles.